The molecule has 0 saturated heterocycles. The monoisotopic (exact) mass is 291 g/mol. The van der Waals surface area contributed by atoms with E-state index >= 15 is 0 Å². The summed E-state index contributed by atoms with van der Waals surface area (Å²) >= 11 is 0. The lowest BCUT2D eigenvalue weighted by Gasteiger charge is -2.04. The Labute approximate surface area is 123 Å². The maximum Gasteiger partial charge on any atom is 0.227 e. The molecular formula is C14H21N5O2. The number of hydrogen-bond donors (Lipinski definition) is 1. The van der Waals surface area contributed by atoms with Crippen molar-refractivity contribution in [1.29, 1.82) is 0 Å². The number of carbonyl (C=O) groups excluding carboxylic acids is 1. The van der Waals surface area contributed by atoms with Crippen LogP contribution >= 0.6 is 0 Å². The van der Waals surface area contributed by atoms with Crippen molar-refractivity contribution in [3.05, 3.63) is 30.4 Å². The highest BCUT2D eigenvalue weighted by Gasteiger charge is 2.11. The standard InChI is InChI=1S/C14H21N5O2/c1-11(2)14-17-13(21-18-14)5-4-12(20)16-6-3-8-19-9-7-15-10-19/h7,9-11H,3-6,8H2,1-2H3,(H,16,20). The summed E-state index contributed by atoms with van der Waals surface area (Å²) in [5.74, 6) is 1.45. The number of nitrogens with one attached hydrogen (secondary N) is 1. The van der Waals surface area contributed by atoms with Crippen LogP contribution in [-0.4, -0.2) is 32.1 Å². The largest absolute Gasteiger partial charge is 0.356 e. The van der Waals surface area contributed by atoms with Gasteiger partial charge in [-0.2, -0.15) is 4.98 Å². The maximum atomic E-state index is 11.7. The first-order valence-corrected chi connectivity index (χ1v) is 7.20. The van der Waals surface area contributed by atoms with Gasteiger partial charge in [-0.05, 0) is 6.42 Å². The highest BCUT2D eigenvalue weighted by atomic mass is 16.5. The van der Waals surface area contributed by atoms with Gasteiger partial charge in [0.25, 0.3) is 0 Å². The lowest BCUT2D eigenvalue weighted by atomic mass is 10.2. The molecule has 0 aliphatic heterocycles. The highest BCUT2D eigenvalue weighted by molar-refractivity contribution is 5.75. The van der Waals surface area contributed by atoms with Crippen LogP contribution in [0.25, 0.3) is 0 Å². The van der Waals surface area contributed by atoms with Gasteiger partial charge >= 0.3 is 0 Å². The van der Waals surface area contributed by atoms with Crippen LogP contribution in [0.3, 0.4) is 0 Å². The Morgan fingerprint density at radius 3 is 3.00 bits per heavy atom. The fourth-order valence-corrected chi connectivity index (χ4v) is 1.82. The van der Waals surface area contributed by atoms with E-state index in [4.69, 9.17) is 4.52 Å². The van der Waals surface area contributed by atoms with Crippen molar-refractivity contribution in [2.24, 2.45) is 0 Å². The molecule has 1 N–H and O–H groups in total. The van der Waals surface area contributed by atoms with E-state index in [-0.39, 0.29) is 11.8 Å². The molecule has 1 amide bonds. The number of carbonyl (C=O) groups is 1. The molecule has 0 bridgehead atoms. The summed E-state index contributed by atoms with van der Waals surface area (Å²) in [6.45, 7) is 5.50. The van der Waals surface area contributed by atoms with E-state index in [0.29, 0.717) is 31.1 Å². The van der Waals surface area contributed by atoms with Crippen molar-refractivity contribution in [3.63, 3.8) is 0 Å². The Morgan fingerprint density at radius 2 is 2.33 bits per heavy atom. The topological polar surface area (TPSA) is 85.8 Å². The summed E-state index contributed by atoms with van der Waals surface area (Å²) in [6.07, 6.45) is 7.14. The summed E-state index contributed by atoms with van der Waals surface area (Å²) in [5.41, 5.74) is 0. The second kappa shape index (κ2) is 7.56. The molecule has 0 aliphatic rings. The van der Waals surface area contributed by atoms with Gasteiger partial charge in [0.2, 0.25) is 11.8 Å². The zero-order chi connectivity index (χ0) is 15.1. The number of aryl methyl sites for hydroxylation is 2. The van der Waals surface area contributed by atoms with Crippen molar-refractivity contribution < 1.29 is 9.32 Å². The summed E-state index contributed by atoms with van der Waals surface area (Å²) in [7, 11) is 0. The first-order valence-electron chi connectivity index (χ1n) is 7.20. The van der Waals surface area contributed by atoms with Gasteiger partial charge in [-0.3, -0.25) is 4.79 Å². The average molecular weight is 291 g/mol. The lowest BCUT2D eigenvalue weighted by Crippen LogP contribution is -2.25. The van der Waals surface area contributed by atoms with Crippen molar-refractivity contribution in [1.82, 2.24) is 25.0 Å². The Balaban J connectivity index is 1.60. The third-order valence-corrected chi connectivity index (χ3v) is 3.04. The van der Waals surface area contributed by atoms with Gasteiger partial charge in [-0.15, -0.1) is 0 Å². The third-order valence-electron chi connectivity index (χ3n) is 3.04. The van der Waals surface area contributed by atoms with Crippen LogP contribution in [-0.2, 0) is 17.8 Å². The van der Waals surface area contributed by atoms with E-state index in [9.17, 15) is 4.79 Å². The van der Waals surface area contributed by atoms with Crippen molar-refractivity contribution >= 4 is 5.91 Å². The minimum atomic E-state index is 0.00456. The average Bonchev–Trinajstić information content (AvgIpc) is 3.12. The van der Waals surface area contributed by atoms with Crippen molar-refractivity contribution in [2.75, 3.05) is 6.54 Å². The molecule has 7 heteroatoms. The summed E-state index contributed by atoms with van der Waals surface area (Å²) in [4.78, 5) is 19.9. The lowest BCUT2D eigenvalue weighted by molar-refractivity contribution is -0.121. The number of amides is 1. The third kappa shape index (κ3) is 5.02. The minimum absolute atomic E-state index is 0.00456. The fourth-order valence-electron chi connectivity index (χ4n) is 1.82. The molecule has 0 fully saturated rings. The van der Waals surface area contributed by atoms with E-state index in [1.165, 1.54) is 0 Å². The quantitative estimate of drug-likeness (QED) is 0.745. The maximum absolute atomic E-state index is 11.7. The molecule has 2 rings (SSSR count). The second-order valence-corrected chi connectivity index (χ2v) is 5.21. The molecule has 7 nitrogen and oxygen atoms in total. The van der Waals surface area contributed by atoms with Crippen LogP contribution < -0.4 is 5.32 Å². The molecule has 2 heterocycles. The summed E-state index contributed by atoms with van der Waals surface area (Å²) < 4.78 is 7.08. The normalized spacial score (nSPS) is 11.0. The molecule has 114 valence electrons. The molecule has 0 spiro atoms. The molecule has 0 saturated carbocycles. The smallest absolute Gasteiger partial charge is 0.227 e. The Morgan fingerprint density at radius 1 is 1.48 bits per heavy atom. The fraction of sp³-hybridized carbons (Fsp3) is 0.571. The van der Waals surface area contributed by atoms with E-state index in [1.54, 1.807) is 12.5 Å². The van der Waals surface area contributed by atoms with Gasteiger partial charge < -0.3 is 14.4 Å². The van der Waals surface area contributed by atoms with Crippen LogP contribution in [0.1, 0.15) is 44.3 Å². The summed E-state index contributed by atoms with van der Waals surface area (Å²) in [6, 6.07) is 0. The van der Waals surface area contributed by atoms with Crippen LogP contribution in [0.4, 0.5) is 0 Å². The first kappa shape index (κ1) is 15.2. The Hall–Kier alpha value is -2.18. The highest BCUT2D eigenvalue weighted by Crippen LogP contribution is 2.10. The van der Waals surface area contributed by atoms with Gasteiger partial charge in [-0.1, -0.05) is 19.0 Å². The number of nitrogens with zero attached hydrogens (tertiary/aromatic N) is 4. The molecule has 0 radical (unpaired) electrons. The van der Waals surface area contributed by atoms with E-state index in [1.807, 2.05) is 24.6 Å². The van der Waals surface area contributed by atoms with Gasteiger partial charge in [0, 0.05) is 44.2 Å². The Bertz CT molecular complexity index is 547. The molecule has 2 aromatic rings. The number of rotatable bonds is 8. The van der Waals surface area contributed by atoms with Crippen LogP contribution in [0.15, 0.2) is 23.2 Å². The number of hydrogen-bond acceptors (Lipinski definition) is 5. The number of imidazole rings is 1. The van der Waals surface area contributed by atoms with E-state index in [0.717, 1.165) is 13.0 Å². The molecule has 0 atom stereocenters. The van der Waals surface area contributed by atoms with Crippen LogP contribution in [0, 0.1) is 0 Å². The Kier molecular flexibility index (Phi) is 5.48. The predicted octanol–water partition coefficient (Wildman–Crippen LogP) is 1.53. The van der Waals surface area contributed by atoms with E-state index < -0.39 is 0 Å². The zero-order valence-corrected chi connectivity index (χ0v) is 12.5. The first-order chi connectivity index (χ1) is 10.1. The minimum Gasteiger partial charge on any atom is -0.356 e. The molecule has 0 unspecified atom stereocenters. The molecular weight excluding hydrogens is 270 g/mol. The van der Waals surface area contributed by atoms with Gasteiger partial charge in [0.15, 0.2) is 5.82 Å². The predicted molar refractivity (Wildman–Crippen MR) is 76.6 cm³/mol. The molecule has 0 aliphatic carbocycles. The molecule has 2 aromatic heterocycles. The van der Waals surface area contributed by atoms with Crippen LogP contribution in [0.5, 0.6) is 0 Å². The summed E-state index contributed by atoms with van der Waals surface area (Å²) in [5, 5.41) is 6.75. The molecule has 0 aromatic carbocycles. The second-order valence-electron chi connectivity index (χ2n) is 5.21. The zero-order valence-electron chi connectivity index (χ0n) is 12.5. The SMILES string of the molecule is CC(C)c1noc(CCC(=O)NCCCn2ccnc2)n1. The van der Waals surface area contributed by atoms with Gasteiger partial charge in [0.05, 0.1) is 6.33 Å². The van der Waals surface area contributed by atoms with Crippen LogP contribution in [0.2, 0.25) is 0 Å². The molecule has 21 heavy (non-hydrogen) atoms. The van der Waals surface area contributed by atoms with E-state index in [2.05, 4.69) is 20.4 Å². The number of aromatic nitrogens is 4. The van der Waals surface area contributed by atoms with Gasteiger partial charge in [0.1, 0.15) is 0 Å². The van der Waals surface area contributed by atoms with Crippen molar-refractivity contribution in [3.8, 4) is 0 Å². The van der Waals surface area contributed by atoms with Crippen molar-refractivity contribution in [2.45, 2.75) is 45.6 Å². The van der Waals surface area contributed by atoms with Gasteiger partial charge in [-0.25, -0.2) is 4.98 Å².